The first-order chi connectivity index (χ1) is 19.8. The molecule has 3 aromatic carbocycles. The summed E-state index contributed by atoms with van der Waals surface area (Å²) in [6.45, 7) is 8.92. The fourth-order valence-electron chi connectivity index (χ4n) is 4.41. The Morgan fingerprint density at radius 3 is 1.86 bits per heavy atom. The molecule has 0 heterocycles. The van der Waals surface area contributed by atoms with Crippen LogP contribution in [0.2, 0.25) is 0 Å². The second-order valence-corrected chi connectivity index (χ2v) is 12.9. The van der Waals surface area contributed by atoms with Gasteiger partial charge in [-0.1, -0.05) is 36.8 Å². The summed E-state index contributed by atoms with van der Waals surface area (Å²) in [4.78, 5) is 29.1. The molecule has 0 bridgehead atoms. The molecule has 1 atom stereocenters. The first kappa shape index (κ1) is 32.5. The van der Waals surface area contributed by atoms with Crippen LogP contribution in [-0.4, -0.2) is 57.5 Å². The van der Waals surface area contributed by atoms with E-state index in [2.05, 4.69) is 5.32 Å². The molecule has 0 aromatic heterocycles. The number of carbonyl (C=O) groups excluding carboxylic acids is 2. The van der Waals surface area contributed by atoms with Crippen molar-refractivity contribution in [1.29, 1.82) is 0 Å². The van der Waals surface area contributed by atoms with Crippen molar-refractivity contribution in [2.45, 2.75) is 64.1 Å². The van der Waals surface area contributed by atoms with Gasteiger partial charge in [-0.2, -0.15) is 0 Å². The highest BCUT2D eigenvalue weighted by Crippen LogP contribution is 2.27. The Bertz CT molecular complexity index is 1450. The molecule has 0 aliphatic rings. The van der Waals surface area contributed by atoms with E-state index in [0.717, 1.165) is 15.4 Å². The molecule has 0 aliphatic carbocycles. The number of amides is 2. The number of benzene rings is 3. The largest absolute Gasteiger partial charge is 0.497 e. The molecule has 0 saturated heterocycles. The Morgan fingerprint density at radius 2 is 1.38 bits per heavy atom. The lowest BCUT2D eigenvalue weighted by Gasteiger charge is -2.34. The highest BCUT2D eigenvalue weighted by atomic mass is 32.2. The first-order valence-electron chi connectivity index (χ1n) is 13.8. The lowest BCUT2D eigenvalue weighted by atomic mass is 10.1. The van der Waals surface area contributed by atoms with Crippen LogP contribution in [0.3, 0.4) is 0 Å². The number of hydrogen-bond donors (Lipinski definition) is 1. The number of rotatable bonds is 12. The van der Waals surface area contributed by atoms with Crippen LogP contribution in [0.1, 0.15) is 45.2 Å². The number of methoxy groups -OCH3 is 2. The van der Waals surface area contributed by atoms with Gasteiger partial charge < -0.3 is 19.7 Å². The molecule has 2 amide bonds. The van der Waals surface area contributed by atoms with E-state index in [4.69, 9.17) is 9.47 Å². The van der Waals surface area contributed by atoms with Crippen molar-refractivity contribution in [3.8, 4) is 11.5 Å². The molecule has 3 rings (SSSR count). The van der Waals surface area contributed by atoms with E-state index in [1.807, 2.05) is 46.8 Å². The summed E-state index contributed by atoms with van der Waals surface area (Å²) in [7, 11) is -1.11. The van der Waals surface area contributed by atoms with Gasteiger partial charge in [-0.05, 0) is 88.2 Å². The molecule has 0 aliphatic heterocycles. The van der Waals surface area contributed by atoms with Gasteiger partial charge in [-0.25, -0.2) is 8.42 Å². The molecule has 0 spiro atoms. The Morgan fingerprint density at radius 1 is 0.857 bits per heavy atom. The van der Waals surface area contributed by atoms with Gasteiger partial charge in [0.2, 0.25) is 11.8 Å². The Labute approximate surface area is 249 Å². The van der Waals surface area contributed by atoms with Crippen molar-refractivity contribution in [3.05, 3.63) is 83.9 Å². The number of sulfonamides is 1. The molecule has 1 N–H and O–H groups in total. The Kier molecular flexibility index (Phi) is 10.6. The Hall–Kier alpha value is -4.05. The maximum absolute atomic E-state index is 14.2. The van der Waals surface area contributed by atoms with Crippen molar-refractivity contribution >= 4 is 27.5 Å². The van der Waals surface area contributed by atoms with Gasteiger partial charge in [-0.15, -0.1) is 0 Å². The van der Waals surface area contributed by atoms with Crippen molar-refractivity contribution in [1.82, 2.24) is 10.2 Å². The quantitative estimate of drug-likeness (QED) is 0.318. The maximum Gasteiger partial charge on any atom is 0.264 e. The molecule has 226 valence electrons. The van der Waals surface area contributed by atoms with Gasteiger partial charge in [-0.3, -0.25) is 13.9 Å². The van der Waals surface area contributed by atoms with Gasteiger partial charge in [0.1, 0.15) is 24.1 Å². The van der Waals surface area contributed by atoms with Crippen LogP contribution in [-0.2, 0) is 26.2 Å². The third-order valence-corrected chi connectivity index (χ3v) is 8.43. The van der Waals surface area contributed by atoms with E-state index >= 15 is 0 Å². The summed E-state index contributed by atoms with van der Waals surface area (Å²) in [5.74, 6) is 0.338. The van der Waals surface area contributed by atoms with Crippen LogP contribution < -0.4 is 19.1 Å². The van der Waals surface area contributed by atoms with E-state index in [9.17, 15) is 18.0 Å². The van der Waals surface area contributed by atoms with Gasteiger partial charge in [0, 0.05) is 12.1 Å². The van der Waals surface area contributed by atoms with Crippen molar-refractivity contribution in [2.75, 3.05) is 25.1 Å². The molecule has 0 radical (unpaired) electrons. The summed E-state index contributed by atoms with van der Waals surface area (Å²) in [6.07, 6.45) is 0.333. The molecule has 9 nitrogen and oxygen atoms in total. The smallest absolute Gasteiger partial charge is 0.264 e. The Balaban J connectivity index is 2.06. The molecule has 0 saturated carbocycles. The second kappa shape index (κ2) is 13.7. The first-order valence-corrected chi connectivity index (χ1v) is 15.2. The maximum atomic E-state index is 14.2. The zero-order valence-electron chi connectivity index (χ0n) is 25.4. The van der Waals surface area contributed by atoms with Crippen LogP contribution in [0.4, 0.5) is 5.69 Å². The molecule has 10 heteroatoms. The van der Waals surface area contributed by atoms with Crippen LogP contribution in [0.15, 0.2) is 77.7 Å². The third-order valence-electron chi connectivity index (χ3n) is 6.64. The number of nitrogens with one attached hydrogen (secondary N) is 1. The van der Waals surface area contributed by atoms with Crippen LogP contribution in [0.5, 0.6) is 11.5 Å². The number of hydrogen-bond acceptors (Lipinski definition) is 6. The molecule has 42 heavy (non-hydrogen) atoms. The van der Waals surface area contributed by atoms with E-state index in [0.29, 0.717) is 23.6 Å². The van der Waals surface area contributed by atoms with Crippen LogP contribution >= 0.6 is 0 Å². The zero-order valence-corrected chi connectivity index (χ0v) is 26.2. The zero-order chi connectivity index (χ0) is 31.1. The number of ether oxygens (including phenoxy) is 2. The van der Waals surface area contributed by atoms with Gasteiger partial charge >= 0.3 is 0 Å². The fourth-order valence-corrected chi connectivity index (χ4v) is 5.83. The number of anilines is 1. The minimum absolute atomic E-state index is 0.0101. The number of nitrogens with zero attached hydrogens (tertiary/aromatic N) is 2. The molecular formula is C32H41N3O6S. The number of carbonyl (C=O) groups is 2. The van der Waals surface area contributed by atoms with Crippen molar-refractivity contribution in [3.63, 3.8) is 0 Å². The number of aryl methyl sites for hydroxylation is 1. The third kappa shape index (κ3) is 8.25. The average molecular weight is 596 g/mol. The fraction of sp³-hybridized carbons (Fsp3) is 0.375. The predicted octanol–water partition coefficient (Wildman–Crippen LogP) is 4.93. The molecule has 3 aromatic rings. The van der Waals surface area contributed by atoms with Crippen LogP contribution in [0.25, 0.3) is 0 Å². The average Bonchev–Trinajstić information content (AvgIpc) is 2.95. The van der Waals surface area contributed by atoms with Crippen molar-refractivity contribution < 1.29 is 27.5 Å². The van der Waals surface area contributed by atoms with Gasteiger partial charge in [0.15, 0.2) is 0 Å². The highest BCUT2D eigenvalue weighted by Gasteiger charge is 2.34. The predicted molar refractivity (Wildman–Crippen MR) is 164 cm³/mol. The minimum Gasteiger partial charge on any atom is -0.497 e. The summed E-state index contributed by atoms with van der Waals surface area (Å²) in [5.41, 5.74) is 1.52. The van der Waals surface area contributed by atoms with Crippen LogP contribution in [0, 0.1) is 6.92 Å². The van der Waals surface area contributed by atoms with Gasteiger partial charge in [0.05, 0.1) is 24.8 Å². The van der Waals surface area contributed by atoms with Crippen molar-refractivity contribution in [2.24, 2.45) is 0 Å². The van der Waals surface area contributed by atoms with E-state index < -0.39 is 34.1 Å². The van der Waals surface area contributed by atoms with E-state index in [1.54, 1.807) is 55.6 Å². The van der Waals surface area contributed by atoms with E-state index in [-0.39, 0.29) is 17.3 Å². The normalized spacial score (nSPS) is 12.3. The SMILES string of the molecule is CCC(C(=O)NC(C)(C)C)N(Cc1ccc(OC)cc1)C(=O)CN(c1ccc(C)cc1)S(=O)(=O)c1ccc(OC)cc1. The lowest BCUT2D eigenvalue weighted by Crippen LogP contribution is -2.55. The summed E-state index contributed by atoms with van der Waals surface area (Å²) < 4.78 is 39.5. The van der Waals surface area contributed by atoms with E-state index in [1.165, 1.54) is 24.1 Å². The summed E-state index contributed by atoms with van der Waals surface area (Å²) >= 11 is 0. The topological polar surface area (TPSA) is 105 Å². The highest BCUT2D eigenvalue weighted by molar-refractivity contribution is 7.92. The second-order valence-electron chi connectivity index (χ2n) is 11.1. The molecule has 1 unspecified atom stereocenters. The standard InChI is InChI=1S/C32H41N3O6S/c1-8-29(31(37)33-32(3,4)5)34(21-24-11-15-26(40-6)16-12-24)30(36)22-35(25-13-9-23(2)10-14-25)42(38,39)28-19-17-27(41-7)18-20-28/h9-20,29H,8,21-22H2,1-7H3,(H,33,37). The molecular weight excluding hydrogens is 554 g/mol. The minimum atomic E-state index is -4.17. The summed E-state index contributed by atoms with van der Waals surface area (Å²) in [6, 6.07) is 19.3. The van der Waals surface area contributed by atoms with Gasteiger partial charge in [0.25, 0.3) is 10.0 Å². The lowest BCUT2D eigenvalue weighted by molar-refractivity contribution is -0.141. The molecule has 0 fully saturated rings. The monoisotopic (exact) mass is 595 g/mol. The summed E-state index contributed by atoms with van der Waals surface area (Å²) in [5, 5.41) is 2.97.